The number of fused-ring (bicyclic) bond motifs is 1. The molecule has 0 radical (unpaired) electrons. The van der Waals surface area contributed by atoms with Gasteiger partial charge in [0, 0.05) is 10.7 Å². The van der Waals surface area contributed by atoms with Gasteiger partial charge in [-0.15, -0.1) is 0 Å². The third-order valence-electron chi connectivity index (χ3n) is 5.20. The molecular formula is C18H19BrN4O4. The van der Waals surface area contributed by atoms with Crippen molar-refractivity contribution in [1.82, 2.24) is 15.8 Å². The van der Waals surface area contributed by atoms with Crippen molar-refractivity contribution in [1.29, 1.82) is 0 Å². The van der Waals surface area contributed by atoms with Crippen LogP contribution in [0, 0.1) is 24.0 Å². The summed E-state index contributed by atoms with van der Waals surface area (Å²) in [7, 11) is 0. The first kappa shape index (κ1) is 18.1. The number of hydrogen-bond donors (Lipinski definition) is 2. The number of aryl methyl sites for hydroxylation is 2. The van der Waals surface area contributed by atoms with E-state index in [1.807, 2.05) is 13.1 Å². The Balaban J connectivity index is 1.65. The van der Waals surface area contributed by atoms with Crippen LogP contribution >= 0.6 is 15.9 Å². The molecule has 1 fully saturated rings. The number of nitro groups is 1. The van der Waals surface area contributed by atoms with Crippen LogP contribution in [0.15, 0.2) is 40.8 Å². The van der Waals surface area contributed by atoms with Crippen molar-refractivity contribution in [3.63, 3.8) is 0 Å². The molecule has 9 heteroatoms. The van der Waals surface area contributed by atoms with Crippen LogP contribution in [0.25, 0.3) is 0 Å². The lowest BCUT2D eigenvalue weighted by atomic mass is 9.89. The smallest absolute Gasteiger partial charge is 0.427 e. The summed E-state index contributed by atoms with van der Waals surface area (Å²) in [6.45, 7) is 4.11. The quantitative estimate of drug-likeness (QED) is 0.555. The average Bonchev–Trinajstić information content (AvgIpc) is 3.18. The first-order valence-electron chi connectivity index (χ1n) is 8.65. The van der Waals surface area contributed by atoms with Gasteiger partial charge in [-0.2, -0.15) is 5.01 Å². The Morgan fingerprint density at radius 1 is 1.37 bits per heavy atom. The van der Waals surface area contributed by atoms with Crippen LogP contribution in [-0.2, 0) is 9.53 Å². The van der Waals surface area contributed by atoms with Crippen molar-refractivity contribution in [3.8, 4) is 0 Å². The SMILES string of the molecule is Cc1ccc(C2CC(C3OC([N+](=O)[O-])=CC3=O)NC3C(Br)=CNN32)c(C)c1. The first-order valence-corrected chi connectivity index (χ1v) is 9.44. The van der Waals surface area contributed by atoms with E-state index in [1.165, 1.54) is 5.56 Å². The summed E-state index contributed by atoms with van der Waals surface area (Å²) in [4.78, 5) is 22.6. The largest absolute Gasteiger partial charge is 0.432 e. The molecule has 3 heterocycles. The monoisotopic (exact) mass is 434 g/mol. The summed E-state index contributed by atoms with van der Waals surface area (Å²) in [5.74, 6) is -0.866. The summed E-state index contributed by atoms with van der Waals surface area (Å²) >= 11 is 3.54. The molecule has 4 unspecified atom stereocenters. The van der Waals surface area contributed by atoms with Gasteiger partial charge in [0.25, 0.3) is 0 Å². The molecule has 0 aliphatic carbocycles. The molecule has 0 spiro atoms. The van der Waals surface area contributed by atoms with Crippen LogP contribution in [0.2, 0.25) is 0 Å². The highest BCUT2D eigenvalue weighted by Gasteiger charge is 2.47. The summed E-state index contributed by atoms with van der Waals surface area (Å²) in [6, 6.07) is 5.91. The lowest BCUT2D eigenvalue weighted by molar-refractivity contribution is -0.463. The van der Waals surface area contributed by atoms with Crippen molar-refractivity contribution in [2.75, 3.05) is 0 Å². The summed E-state index contributed by atoms with van der Waals surface area (Å²) in [6.07, 6.45) is 2.31. The topological polar surface area (TPSA) is 96.7 Å². The minimum atomic E-state index is -0.901. The van der Waals surface area contributed by atoms with E-state index < -0.39 is 16.9 Å². The Bertz CT molecular complexity index is 884. The van der Waals surface area contributed by atoms with Crippen molar-refractivity contribution >= 4 is 21.7 Å². The van der Waals surface area contributed by atoms with Gasteiger partial charge >= 0.3 is 5.88 Å². The van der Waals surface area contributed by atoms with Crippen LogP contribution in [0.3, 0.4) is 0 Å². The number of rotatable bonds is 3. The number of carbonyl (C=O) groups excluding carboxylic acids is 1. The second-order valence-corrected chi connectivity index (χ2v) is 7.95. The predicted molar refractivity (Wildman–Crippen MR) is 101 cm³/mol. The fourth-order valence-corrected chi connectivity index (χ4v) is 4.42. The molecule has 4 atom stereocenters. The van der Waals surface area contributed by atoms with Gasteiger partial charge in [-0.25, -0.2) is 0 Å². The van der Waals surface area contributed by atoms with Gasteiger partial charge in [-0.1, -0.05) is 39.7 Å². The normalized spacial score (nSPS) is 30.3. The Morgan fingerprint density at radius 3 is 2.81 bits per heavy atom. The molecule has 8 nitrogen and oxygen atoms in total. The van der Waals surface area contributed by atoms with E-state index in [9.17, 15) is 14.9 Å². The molecule has 1 saturated heterocycles. The lowest BCUT2D eigenvalue weighted by Gasteiger charge is -2.44. The van der Waals surface area contributed by atoms with Crippen LogP contribution in [0.5, 0.6) is 0 Å². The van der Waals surface area contributed by atoms with E-state index in [2.05, 4.69) is 56.8 Å². The van der Waals surface area contributed by atoms with E-state index in [0.717, 1.165) is 21.7 Å². The number of hydrogen-bond acceptors (Lipinski definition) is 7. The van der Waals surface area contributed by atoms with E-state index in [4.69, 9.17) is 4.74 Å². The van der Waals surface area contributed by atoms with Gasteiger partial charge in [-0.3, -0.25) is 20.2 Å². The van der Waals surface area contributed by atoms with Crippen molar-refractivity contribution in [2.24, 2.45) is 0 Å². The van der Waals surface area contributed by atoms with E-state index in [0.29, 0.717) is 6.42 Å². The zero-order valence-corrected chi connectivity index (χ0v) is 16.4. The van der Waals surface area contributed by atoms with Gasteiger partial charge in [-0.05, 0) is 31.4 Å². The molecule has 1 aromatic carbocycles. The molecule has 4 rings (SSSR count). The van der Waals surface area contributed by atoms with Crippen molar-refractivity contribution in [3.05, 3.63) is 67.6 Å². The standard InChI is InChI=1S/C18H19BrN4O4/c1-9-3-4-11(10(2)5-9)14-6-13(21-18-12(19)8-20-22(14)18)17-15(24)7-16(27-17)23(25)26/h3-5,7-8,13-14,17-18,20-21H,6H2,1-2H3. The Hall–Kier alpha value is -2.23. The van der Waals surface area contributed by atoms with Gasteiger partial charge < -0.3 is 10.2 Å². The number of nitrogens with zero attached hydrogens (tertiary/aromatic N) is 2. The zero-order valence-electron chi connectivity index (χ0n) is 14.8. The molecule has 142 valence electrons. The van der Waals surface area contributed by atoms with Crippen LogP contribution in [0.4, 0.5) is 0 Å². The second-order valence-electron chi connectivity index (χ2n) is 7.03. The molecule has 1 aromatic rings. The van der Waals surface area contributed by atoms with Gasteiger partial charge in [0.1, 0.15) is 17.2 Å². The molecule has 3 aliphatic rings. The molecule has 3 aliphatic heterocycles. The maximum absolute atomic E-state index is 12.3. The molecule has 0 saturated carbocycles. The average molecular weight is 435 g/mol. The molecule has 27 heavy (non-hydrogen) atoms. The molecule has 0 bridgehead atoms. The number of ketones is 1. The number of benzene rings is 1. The maximum Gasteiger partial charge on any atom is 0.432 e. The first-order chi connectivity index (χ1) is 12.8. The fourth-order valence-electron chi connectivity index (χ4n) is 3.97. The Kier molecular flexibility index (Phi) is 4.53. The van der Waals surface area contributed by atoms with Crippen LogP contribution < -0.4 is 10.7 Å². The lowest BCUT2D eigenvalue weighted by Crippen LogP contribution is -2.61. The molecule has 0 amide bonds. The zero-order chi connectivity index (χ0) is 19.3. The highest BCUT2D eigenvalue weighted by Crippen LogP contribution is 2.39. The molecular weight excluding hydrogens is 416 g/mol. The van der Waals surface area contributed by atoms with Crippen molar-refractivity contribution < 1.29 is 14.5 Å². The summed E-state index contributed by atoms with van der Waals surface area (Å²) in [5.41, 5.74) is 6.75. The number of nitrogens with one attached hydrogen (secondary N) is 2. The highest BCUT2D eigenvalue weighted by molar-refractivity contribution is 9.11. The second kappa shape index (κ2) is 6.74. The summed E-state index contributed by atoms with van der Waals surface area (Å²) in [5, 5.41) is 16.4. The molecule has 2 N–H and O–H groups in total. The predicted octanol–water partition coefficient (Wildman–Crippen LogP) is 2.18. The number of ether oxygens (including phenoxy) is 1. The van der Waals surface area contributed by atoms with Gasteiger partial charge in [0.2, 0.25) is 5.78 Å². The third kappa shape index (κ3) is 3.15. The maximum atomic E-state index is 12.3. The van der Waals surface area contributed by atoms with E-state index >= 15 is 0 Å². The van der Waals surface area contributed by atoms with Crippen LogP contribution in [0.1, 0.15) is 29.2 Å². The van der Waals surface area contributed by atoms with E-state index in [-0.39, 0.29) is 24.0 Å². The van der Waals surface area contributed by atoms with Gasteiger partial charge in [0.05, 0.1) is 12.1 Å². The highest BCUT2D eigenvalue weighted by atomic mass is 79.9. The third-order valence-corrected chi connectivity index (χ3v) is 5.86. The van der Waals surface area contributed by atoms with E-state index in [1.54, 1.807) is 0 Å². The number of carbonyl (C=O) groups is 1. The van der Waals surface area contributed by atoms with Crippen molar-refractivity contribution in [2.45, 2.75) is 44.6 Å². The fraction of sp³-hybridized carbons (Fsp3) is 0.389. The Labute approximate surface area is 164 Å². The summed E-state index contributed by atoms with van der Waals surface area (Å²) < 4.78 is 6.27. The number of hydrazine groups is 1. The van der Waals surface area contributed by atoms with Gasteiger partial charge in [0.15, 0.2) is 6.10 Å². The minimum absolute atomic E-state index is 0.0239. The minimum Gasteiger partial charge on any atom is -0.427 e. The van der Waals surface area contributed by atoms with Crippen LogP contribution in [-0.4, -0.2) is 34.0 Å². The Morgan fingerprint density at radius 2 is 2.15 bits per heavy atom. The molecule has 0 aromatic heterocycles. The number of halogens is 1.